The van der Waals surface area contributed by atoms with Crippen LogP contribution in [0.2, 0.25) is 0 Å². The van der Waals surface area contributed by atoms with Gasteiger partial charge in [0.2, 0.25) is 10.0 Å². The van der Waals surface area contributed by atoms with Crippen LogP contribution in [0.3, 0.4) is 0 Å². The van der Waals surface area contributed by atoms with Gasteiger partial charge in [0.25, 0.3) is 0 Å². The Bertz CT molecular complexity index is 1360. The number of fused-ring (bicyclic) bond motifs is 1. The molecule has 0 unspecified atom stereocenters. The average Bonchev–Trinajstić information content (AvgIpc) is 2.90. The fourth-order valence-electron chi connectivity index (χ4n) is 4.26. The van der Waals surface area contributed by atoms with Crippen LogP contribution in [0.1, 0.15) is 0 Å². The molecule has 5 rings (SSSR count). The molecule has 0 saturated carbocycles. The Morgan fingerprint density at radius 2 is 1.18 bits per heavy atom. The molecular formula is C27H25N3O3S. The molecule has 1 aliphatic heterocycles. The van der Waals surface area contributed by atoms with Gasteiger partial charge in [-0.15, -0.1) is 0 Å². The summed E-state index contributed by atoms with van der Waals surface area (Å²) in [5.74, 6) is 0. The summed E-state index contributed by atoms with van der Waals surface area (Å²) in [6.07, 6.45) is 0. The summed E-state index contributed by atoms with van der Waals surface area (Å²) < 4.78 is 28.1. The molecule has 34 heavy (non-hydrogen) atoms. The lowest BCUT2D eigenvalue weighted by atomic mass is 10.1. The second-order valence-corrected chi connectivity index (χ2v) is 10.1. The van der Waals surface area contributed by atoms with Crippen molar-refractivity contribution < 1.29 is 13.2 Å². The smallest absolute Gasteiger partial charge is 0.321 e. The van der Waals surface area contributed by atoms with E-state index in [2.05, 4.69) is 0 Å². The molecule has 2 amide bonds. The van der Waals surface area contributed by atoms with Crippen LogP contribution in [0, 0.1) is 0 Å². The van der Waals surface area contributed by atoms with Crippen molar-refractivity contribution in [1.82, 2.24) is 9.21 Å². The number of piperazine rings is 1. The fourth-order valence-corrected chi connectivity index (χ4v) is 5.72. The van der Waals surface area contributed by atoms with Gasteiger partial charge in [-0.25, -0.2) is 13.2 Å². The zero-order valence-corrected chi connectivity index (χ0v) is 19.4. The van der Waals surface area contributed by atoms with Crippen LogP contribution < -0.4 is 4.90 Å². The summed E-state index contributed by atoms with van der Waals surface area (Å²) in [4.78, 5) is 17.2. The van der Waals surface area contributed by atoms with Crippen LogP contribution >= 0.6 is 0 Å². The van der Waals surface area contributed by atoms with Crippen LogP contribution in [0.5, 0.6) is 0 Å². The SMILES string of the molecule is O=C(N1CCN(S(=O)(=O)c2ccc3ccccc3c2)CC1)N(c1ccccc1)c1ccccc1. The van der Waals surface area contributed by atoms with Gasteiger partial charge in [0.05, 0.1) is 16.3 Å². The number of anilines is 2. The van der Waals surface area contributed by atoms with E-state index in [1.54, 1.807) is 21.9 Å². The molecule has 0 atom stereocenters. The lowest BCUT2D eigenvalue weighted by molar-refractivity contribution is 0.180. The predicted molar refractivity (Wildman–Crippen MR) is 135 cm³/mol. The summed E-state index contributed by atoms with van der Waals surface area (Å²) in [6, 6.07) is 31.7. The van der Waals surface area contributed by atoms with E-state index in [4.69, 9.17) is 0 Å². The molecule has 0 N–H and O–H groups in total. The number of benzene rings is 4. The highest BCUT2D eigenvalue weighted by Crippen LogP contribution is 2.28. The summed E-state index contributed by atoms with van der Waals surface area (Å²) in [5.41, 5.74) is 1.54. The zero-order valence-electron chi connectivity index (χ0n) is 18.6. The normalized spacial score (nSPS) is 14.8. The van der Waals surface area contributed by atoms with E-state index >= 15 is 0 Å². The highest BCUT2D eigenvalue weighted by molar-refractivity contribution is 7.89. The maximum Gasteiger partial charge on any atom is 0.329 e. The molecule has 7 heteroatoms. The first-order valence-electron chi connectivity index (χ1n) is 11.2. The minimum Gasteiger partial charge on any atom is -0.321 e. The van der Waals surface area contributed by atoms with Crippen molar-refractivity contribution in [2.24, 2.45) is 0 Å². The van der Waals surface area contributed by atoms with Gasteiger partial charge in [-0.2, -0.15) is 4.31 Å². The lowest BCUT2D eigenvalue weighted by Crippen LogP contribution is -2.53. The van der Waals surface area contributed by atoms with E-state index in [0.29, 0.717) is 13.1 Å². The third-order valence-corrected chi connectivity index (χ3v) is 7.98. The third-order valence-electron chi connectivity index (χ3n) is 6.09. The number of para-hydroxylation sites is 2. The molecule has 6 nitrogen and oxygen atoms in total. The Labute approximate surface area is 199 Å². The quantitative estimate of drug-likeness (QED) is 0.416. The molecule has 0 radical (unpaired) electrons. The molecule has 0 spiro atoms. The number of carbonyl (C=O) groups excluding carboxylic acids is 1. The highest BCUT2D eigenvalue weighted by Gasteiger charge is 2.32. The number of nitrogens with zero attached hydrogens (tertiary/aromatic N) is 3. The van der Waals surface area contributed by atoms with Gasteiger partial charge in [0, 0.05) is 26.2 Å². The molecule has 1 saturated heterocycles. The predicted octanol–water partition coefficient (Wildman–Crippen LogP) is 5.10. The molecule has 4 aromatic rings. The molecule has 1 heterocycles. The first-order valence-corrected chi connectivity index (χ1v) is 12.7. The van der Waals surface area contributed by atoms with Gasteiger partial charge in [-0.3, -0.25) is 4.90 Å². The van der Waals surface area contributed by atoms with Crippen molar-refractivity contribution >= 4 is 38.2 Å². The van der Waals surface area contributed by atoms with E-state index < -0.39 is 10.0 Å². The van der Waals surface area contributed by atoms with E-state index in [9.17, 15) is 13.2 Å². The maximum atomic E-state index is 13.6. The van der Waals surface area contributed by atoms with E-state index in [-0.39, 0.29) is 24.0 Å². The van der Waals surface area contributed by atoms with Gasteiger partial charge in [-0.1, -0.05) is 66.7 Å². The standard InChI is InChI=1S/C27H25N3O3S/c31-27(30(24-11-3-1-4-12-24)25-13-5-2-6-14-25)28-17-19-29(20-18-28)34(32,33)26-16-15-22-9-7-8-10-23(22)21-26/h1-16,21H,17-20H2. The van der Waals surface area contributed by atoms with Gasteiger partial charge in [0.15, 0.2) is 0 Å². The van der Waals surface area contributed by atoms with E-state index in [1.165, 1.54) is 4.31 Å². The van der Waals surface area contributed by atoms with Crippen LogP contribution in [-0.4, -0.2) is 49.8 Å². The first-order chi connectivity index (χ1) is 16.5. The topological polar surface area (TPSA) is 60.9 Å². The Morgan fingerprint density at radius 1 is 0.647 bits per heavy atom. The number of carbonyl (C=O) groups is 1. The zero-order chi connectivity index (χ0) is 23.5. The second kappa shape index (κ2) is 9.29. The molecule has 0 aromatic heterocycles. The van der Waals surface area contributed by atoms with Gasteiger partial charge in [0.1, 0.15) is 0 Å². The van der Waals surface area contributed by atoms with Crippen LogP contribution in [0.25, 0.3) is 10.8 Å². The third kappa shape index (κ3) is 4.27. The molecule has 1 aliphatic rings. The number of hydrogen-bond acceptors (Lipinski definition) is 3. The Morgan fingerprint density at radius 3 is 1.76 bits per heavy atom. The van der Waals surface area contributed by atoms with E-state index in [0.717, 1.165) is 22.1 Å². The fraction of sp³-hybridized carbons (Fsp3) is 0.148. The molecule has 172 valence electrons. The number of hydrogen-bond donors (Lipinski definition) is 0. The van der Waals surface area contributed by atoms with Crippen LogP contribution in [0.4, 0.5) is 16.2 Å². The molecule has 4 aromatic carbocycles. The Balaban J connectivity index is 1.35. The average molecular weight is 472 g/mol. The van der Waals surface area contributed by atoms with Crippen LogP contribution in [0.15, 0.2) is 108 Å². The van der Waals surface area contributed by atoms with E-state index in [1.807, 2.05) is 91.0 Å². The maximum absolute atomic E-state index is 13.6. The second-order valence-electron chi connectivity index (χ2n) is 8.19. The first kappa shape index (κ1) is 22.1. The monoisotopic (exact) mass is 471 g/mol. The molecule has 1 fully saturated rings. The van der Waals surface area contributed by atoms with Gasteiger partial charge < -0.3 is 4.90 Å². The Hall–Kier alpha value is -3.68. The van der Waals surface area contributed by atoms with Crippen molar-refractivity contribution in [2.75, 3.05) is 31.1 Å². The van der Waals surface area contributed by atoms with Crippen molar-refractivity contribution in [2.45, 2.75) is 4.90 Å². The molecule has 0 aliphatic carbocycles. The number of urea groups is 1. The molecule has 0 bridgehead atoms. The minimum atomic E-state index is -3.65. The Kier molecular flexibility index (Phi) is 6.04. The van der Waals surface area contributed by atoms with Crippen molar-refractivity contribution in [1.29, 1.82) is 0 Å². The summed E-state index contributed by atoms with van der Waals surface area (Å²) >= 11 is 0. The van der Waals surface area contributed by atoms with Crippen molar-refractivity contribution in [3.8, 4) is 0 Å². The number of sulfonamides is 1. The lowest BCUT2D eigenvalue weighted by Gasteiger charge is -2.37. The summed E-state index contributed by atoms with van der Waals surface area (Å²) in [7, 11) is -3.65. The minimum absolute atomic E-state index is 0.167. The largest absolute Gasteiger partial charge is 0.329 e. The number of amides is 2. The van der Waals surface area contributed by atoms with Gasteiger partial charge >= 0.3 is 6.03 Å². The van der Waals surface area contributed by atoms with Crippen LogP contribution in [-0.2, 0) is 10.0 Å². The van der Waals surface area contributed by atoms with Gasteiger partial charge in [-0.05, 0) is 47.2 Å². The highest BCUT2D eigenvalue weighted by atomic mass is 32.2. The van der Waals surface area contributed by atoms with Crippen molar-refractivity contribution in [3.63, 3.8) is 0 Å². The van der Waals surface area contributed by atoms with Crippen molar-refractivity contribution in [3.05, 3.63) is 103 Å². The summed E-state index contributed by atoms with van der Waals surface area (Å²) in [6.45, 7) is 1.14. The summed E-state index contributed by atoms with van der Waals surface area (Å²) in [5, 5.41) is 1.89. The number of rotatable bonds is 4. The molecular weight excluding hydrogens is 446 g/mol.